The van der Waals surface area contributed by atoms with E-state index in [4.69, 9.17) is 5.73 Å². The van der Waals surface area contributed by atoms with Crippen molar-refractivity contribution in [3.63, 3.8) is 0 Å². The van der Waals surface area contributed by atoms with Gasteiger partial charge in [0.15, 0.2) is 0 Å². The van der Waals surface area contributed by atoms with Crippen molar-refractivity contribution < 1.29 is 0 Å². The van der Waals surface area contributed by atoms with E-state index >= 15 is 0 Å². The standard InChI is InChI=1S/C7H15N3/c1-6(2)7(3)4-9-10-5-8/h4-7H,1-3H3,(H2,8,10)/b9-4-. The number of nitrogens with zero attached hydrogens (tertiary/aromatic N) is 2. The van der Waals surface area contributed by atoms with E-state index in [1.165, 1.54) is 6.34 Å². The Bertz CT molecular complexity index is 127. The van der Waals surface area contributed by atoms with E-state index in [-0.39, 0.29) is 0 Å². The van der Waals surface area contributed by atoms with Gasteiger partial charge in [0.25, 0.3) is 0 Å². The molecule has 0 saturated carbocycles. The summed E-state index contributed by atoms with van der Waals surface area (Å²) in [6.07, 6.45) is 2.98. The first-order valence-electron chi connectivity index (χ1n) is 3.45. The van der Waals surface area contributed by atoms with Gasteiger partial charge in [-0.1, -0.05) is 20.8 Å². The van der Waals surface area contributed by atoms with E-state index in [0.717, 1.165) is 0 Å². The van der Waals surface area contributed by atoms with E-state index in [1.807, 2.05) is 0 Å². The maximum absolute atomic E-state index is 4.99. The highest BCUT2D eigenvalue weighted by Gasteiger charge is 2.01. The minimum atomic E-state index is 0.462. The van der Waals surface area contributed by atoms with Crippen LogP contribution in [0.2, 0.25) is 0 Å². The first kappa shape index (κ1) is 9.14. The molecule has 0 aromatic heterocycles. The summed E-state index contributed by atoms with van der Waals surface area (Å²) in [7, 11) is 0. The minimum Gasteiger partial charge on any atom is -0.388 e. The van der Waals surface area contributed by atoms with E-state index in [2.05, 4.69) is 31.0 Å². The molecule has 0 aromatic rings. The fourth-order valence-electron chi connectivity index (χ4n) is 0.354. The third-order valence-corrected chi connectivity index (χ3v) is 1.49. The van der Waals surface area contributed by atoms with Crippen molar-refractivity contribution in [2.24, 2.45) is 27.8 Å². The Kier molecular flexibility index (Phi) is 4.54. The van der Waals surface area contributed by atoms with Gasteiger partial charge in [0.2, 0.25) is 0 Å². The van der Waals surface area contributed by atoms with Gasteiger partial charge in [0.1, 0.15) is 6.34 Å². The fourth-order valence-corrected chi connectivity index (χ4v) is 0.354. The predicted octanol–water partition coefficient (Wildman–Crippen LogP) is 1.25. The molecule has 0 rings (SSSR count). The first-order valence-corrected chi connectivity index (χ1v) is 3.45. The summed E-state index contributed by atoms with van der Waals surface area (Å²) < 4.78 is 0. The predicted molar refractivity (Wildman–Crippen MR) is 45.2 cm³/mol. The quantitative estimate of drug-likeness (QED) is 0.359. The topological polar surface area (TPSA) is 50.7 Å². The van der Waals surface area contributed by atoms with Crippen LogP contribution in [-0.4, -0.2) is 12.6 Å². The van der Waals surface area contributed by atoms with Gasteiger partial charge in [0.05, 0.1) is 0 Å². The number of rotatable bonds is 3. The lowest BCUT2D eigenvalue weighted by Gasteiger charge is -2.06. The van der Waals surface area contributed by atoms with E-state index < -0.39 is 0 Å². The molecule has 0 aromatic carbocycles. The van der Waals surface area contributed by atoms with Crippen LogP contribution in [0.4, 0.5) is 0 Å². The van der Waals surface area contributed by atoms with Crippen LogP contribution in [-0.2, 0) is 0 Å². The molecule has 3 nitrogen and oxygen atoms in total. The van der Waals surface area contributed by atoms with Crippen molar-refractivity contribution in [2.45, 2.75) is 20.8 Å². The maximum atomic E-state index is 4.99. The van der Waals surface area contributed by atoms with Crippen molar-refractivity contribution in [2.75, 3.05) is 0 Å². The molecule has 10 heavy (non-hydrogen) atoms. The molecule has 0 heterocycles. The van der Waals surface area contributed by atoms with Gasteiger partial charge < -0.3 is 5.73 Å². The molecular formula is C7H15N3. The van der Waals surface area contributed by atoms with Crippen LogP contribution >= 0.6 is 0 Å². The Morgan fingerprint density at radius 1 is 1.20 bits per heavy atom. The molecule has 3 heteroatoms. The van der Waals surface area contributed by atoms with Crippen LogP contribution in [0.25, 0.3) is 0 Å². The first-order chi connectivity index (χ1) is 4.68. The zero-order chi connectivity index (χ0) is 7.98. The fraction of sp³-hybridized carbons (Fsp3) is 0.714. The summed E-state index contributed by atoms with van der Waals surface area (Å²) >= 11 is 0. The summed E-state index contributed by atoms with van der Waals surface area (Å²) in [5, 5.41) is 7.25. The van der Waals surface area contributed by atoms with E-state index in [9.17, 15) is 0 Å². The second-order valence-electron chi connectivity index (χ2n) is 2.63. The summed E-state index contributed by atoms with van der Waals surface area (Å²) in [6.45, 7) is 6.38. The van der Waals surface area contributed by atoms with Crippen LogP contribution in [0.5, 0.6) is 0 Å². The Hall–Kier alpha value is -0.860. The molecule has 1 unspecified atom stereocenters. The highest BCUT2D eigenvalue weighted by atomic mass is 15.2. The summed E-state index contributed by atoms with van der Waals surface area (Å²) in [5.74, 6) is 1.07. The van der Waals surface area contributed by atoms with Crippen molar-refractivity contribution >= 4 is 12.6 Å². The summed E-state index contributed by atoms with van der Waals surface area (Å²) in [5.41, 5.74) is 4.99. The molecule has 0 aliphatic carbocycles. The van der Waals surface area contributed by atoms with Gasteiger partial charge in [-0.2, -0.15) is 5.10 Å². The van der Waals surface area contributed by atoms with Crippen LogP contribution in [0.3, 0.4) is 0 Å². The SMILES string of the molecule is CC(C)C(C)/C=N\N=C/N. The van der Waals surface area contributed by atoms with Gasteiger partial charge in [0, 0.05) is 6.21 Å². The van der Waals surface area contributed by atoms with E-state index in [1.54, 1.807) is 6.21 Å². The van der Waals surface area contributed by atoms with Crippen LogP contribution < -0.4 is 5.73 Å². The van der Waals surface area contributed by atoms with E-state index in [0.29, 0.717) is 11.8 Å². The zero-order valence-electron chi connectivity index (χ0n) is 6.78. The van der Waals surface area contributed by atoms with Gasteiger partial charge in [-0.25, -0.2) is 0 Å². The Balaban J connectivity index is 3.66. The Morgan fingerprint density at radius 3 is 2.20 bits per heavy atom. The van der Waals surface area contributed by atoms with Crippen LogP contribution in [0, 0.1) is 11.8 Å². The molecule has 1 atom stereocenters. The van der Waals surface area contributed by atoms with Gasteiger partial charge in [-0.3, -0.25) is 0 Å². The third kappa shape index (κ3) is 4.06. The zero-order valence-corrected chi connectivity index (χ0v) is 6.78. The smallest absolute Gasteiger partial charge is 0.108 e. The molecule has 0 amide bonds. The van der Waals surface area contributed by atoms with Crippen molar-refractivity contribution in [1.82, 2.24) is 0 Å². The lowest BCUT2D eigenvalue weighted by Crippen LogP contribution is -2.04. The molecular weight excluding hydrogens is 126 g/mol. The summed E-state index contributed by atoms with van der Waals surface area (Å²) in [4.78, 5) is 0. The number of nitrogens with two attached hydrogens (primary N) is 1. The van der Waals surface area contributed by atoms with Crippen LogP contribution in [0.15, 0.2) is 10.2 Å². The lowest BCUT2D eigenvalue weighted by atomic mass is 10.0. The molecule has 0 saturated heterocycles. The van der Waals surface area contributed by atoms with Gasteiger partial charge in [-0.05, 0) is 11.8 Å². The lowest BCUT2D eigenvalue weighted by molar-refractivity contribution is 0.539. The van der Waals surface area contributed by atoms with Crippen molar-refractivity contribution in [1.29, 1.82) is 0 Å². The number of hydrogen-bond acceptors (Lipinski definition) is 2. The molecule has 0 radical (unpaired) electrons. The van der Waals surface area contributed by atoms with Crippen molar-refractivity contribution in [3.05, 3.63) is 0 Å². The van der Waals surface area contributed by atoms with Gasteiger partial charge >= 0.3 is 0 Å². The van der Waals surface area contributed by atoms with Crippen molar-refractivity contribution in [3.8, 4) is 0 Å². The largest absolute Gasteiger partial charge is 0.388 e. The third-order valence-electron chi connectivity index (χ3n) is 1.49. The average Bonchev–Trinajstić information content (AvgIpc) is 1.88. The Morgan fingerprint density at radius 2 is 1.80 bits per heavy atom. The van der Waals surface area contributed by atoms with Gasteiger partial charge in [-0.15, -0.1) is 5.10 Å². The minimum absolute atomic E-state index is 0.462. The number of hydrogen-bond donors (Lipinski definition) is 1. The highest BCUT2D eigenvalue weighted by molar-refractivity contribution is 5.61. The molecule has 2 N–H and O–H groups in total. The molecule has 0 bridgehead atoms. The maximum Gasteiger partial charge on any atom is 0.108 e. The normalized spacial score (nSPS) is 15.6. The molecule has 0 aliphatic heterocycles. The highest BCUT2D eigenvalue weighted by Crippen LogP contribution is 2.05. The monoisotopic (exact) mass is 141 g/mol. The summed E-state index contributed by atoms with van der Waals surface area (Å²) in [6, 6.07) is 0. The average molecular weight is 141 g/mol. The molecule has 0 aliphatic rings. The molecule has 0 spiro atoms. The van der Waals surface area contributed by atoms with Crippen LogP contribution in [0.1, 0.15) is 20.8 Å². The molecule has 0 fully saturated rings. The second kappa shape index (κ2) is 4.97. The molecule has 58 valence electrons. The Labute approximate surface area is 62.0 Å². The second-order valence-corrected chi connectivity index (χ2v) is 2.63.